The van der Waals surface area contributed by atoms with E-state index in [2.05, 4.69) is 9.72 Å². The molecule has 0 saturated heterocycles. The molecule has 1 aromatic rings. The summed E-state index contributed by atoms with van der Waals surface area (Å²) in [7, 11) is 1.15. The molecule has 0 spiro atoms. The molecule has 0 amide bonds. The van der Waals surface area contributed by atoms with Crippen LogP contribution in [0.25, 0.3) is 0 Å². The second-order valence-corrected chi connectivity index (χ2v) is 3.11. The minimum atomic E-state index is -4.93. The molecule has 0 fully saturated rings. The van der Waals surface area contributed by atoms with Gasteiger partial charge in [-0.15, -0.1) is 24.8 Å². The summed E-state index contributed by atoms with van der Waals surface area (Å²) in [6, 6.07) is 1.22. The molecule has 17 heavy (non-hydrogen) atoms. The van der Waals surface area contributed by atoms with Crippen LogP contribution in [-0.2, 0) is 5.88 Å². The number of rotatable bonds is 4. The molecule has 1 rings (SSSR count). The van der Waals surface area contributed by atoms with Crippen LogP contribution in [0.4, 0.5) is 13.2 Å². The van der Waals surface area contributed by atoms with Gasteiger partial charge in [0.15, 0.2) is 12.0 Å². The largest absolute Gasteiger partial charge is 0.574 e. The summed E-state index contributed by atoms with van der Waals surface area (Å²) >= 11 is 5.52. The van der Waals surface area contributed by atoms with E-state index in [1.54, 1.807) is 0 Å². The van der Waals surface area contributed by atoms with Crippen LogP contribution in [-0.4, -0.2) is 24.7 Å². The highest BCUT2D eigenvalue weighted by Gasteiger charge is 2.34. The first kappa shape index (κ1) is 13.6. The first-order chi connectivity index (χ1) is 7.91. The number of carbonyl (C=O) groups excluding carboxylic acids is 1. The third-order valence-corrected chi connectivity index (χ3v) is 2.01. The number of aldehydes is 1. The molecular weight excluding hydrogens is 263 g/mol. The van der Waals surface area contributed by atoms with E-state index < -0.39 is 12.2 Å². The molecule has 0 saturated carbocycles. The second kappa shape index (κ2) is 5.22. The highest BCUT2D eigenvalue weighted by Crippen LogP contribution is 2.34. The Balaban J connectivity index is 3.29. The van der Waals surface area contributed by atoms with Crippen molar-refractivity contribution in [3.63, 3.8) is 0 Å². The van der Waals surface area contributed by atoms with E-state index in [4.69, 9.17) is 16.3 Å². The molecule has 0 N–H and O–H groups in total. The van der Waals surface area contributed by atoms with Gasteiger partial charge in [0.1, 0.15) is 5.69 Å². The van der Waals surface area contributed by atoms with E-state index >= 15 is 0 Å². The first-order valence-electron chi connectivity index (χ1n) is 4.26. The number of hydrogen-bond acceptors (Lipinski definition) is 4. The number of halogens is 4. The summed E-state index contributed by atoms with van der Waals surface area (Å²) in [6.45, 7) is 0. The van der Waals surface area contributed by atoms with Gasteiger partial charge in [-0.05, 0) is 6.07 Å². The zero-order valence-electron chi connectivity index (χ0n) is 8.55. The number of carbonyl (C=O) groups is 1. The van der Waals surface area contributed by atoms with Gasteiger partial charge in [-0.2, -0.15) is 0 Å². The average molecular weight is 270 g/mol. The molecule has 0 unspecified atom stereocenters. The molecule has 8 heteroatoms. The lowest BCUT2D eigenvalue weighted by atomic mass is 10.2. The maximum Gasteiger partial charge on any atom is 0.574 e. The normalized spacial score (nSPS) is 11.1. The van der Waals surface area contributed by atoms with Crippen molar-refractivity contribution in [3.05, 3.63) is 17.3 Å². The van der Waals surface area contributed by atoms with E-state index in [0.717, 1.165) is 7.11 Å². The summed E-state index contributed by atoms with van der Waals surface area (Å²) in [5.74, 6) is -1.22. The minimum absolute atomic E-state index is 0.138. The Hall–Kier alpha value is -1.50. The Kier molecular flexibility index (Phi) is 4.17. The van der Waals surface area contributed by atoms with Gasteiger partial charge in [-0.25, -0.2) is 4.98 Å². The SMILES string of the molecule is COc1c(CCl)cc(C=O)nc1OC(F)(F)F. The van der Waals surface area contributed by atoms with Crippen LogP contribution in [0.15, 0.2) is 6.07 Å². The molecule has 1 aromatic heterocycles. The number of nitrogens with zero attached hydrogens (tertiary/aromatic N) is 1. The van der Waals surface area contributed by atoms with Gasteiger partial charge in [0.05, 0.1) is 13.0 Å². The minimum Gasteiger partial charge on any atom is -0.491 e. The van der Waals surface area contributed by atoms with Crippen LogP contribution < -0.4 is 9.47 Å². The molecule has 4 nitrogen and oxygen atoms in total. The third kappa shape index (κ3) is 3.48. The van der Waals surface area contributed by atoms with Crippen molar-refractivity contribution < 1.29 is 27.4 Å². The van der Waals surface area contributed by atoms with Crippen LogP contribution in [0.2, 0.25) is 0 Å². The Morgan fingerprint density at radius 2 is 2.18 bits per heavy atom. The Morgan fingerprint density at radius 1 is 1.53 bits per heavy atom. The molecule has 0 aromatic carbocycles. The lowest BCUT2D eigenvalue weighted by Crippen LogP contribution is -2.19. The van der Waals surface area contributed by atoms with Gasteiger partial charge in [-0.1, -0.05) is 0 Å². The van der Waals surface area contributed by atoms with Crippen molar-refractivity contribution in [2.75, 3.05) is 7.11 Å². The fourth-order valence-electron chi connectivity index (χ4n) is 1.14. The van der Waals surface area contributed by atoms with Crippen molar-refractivity contribution >= 4 is 17.9 Å². The smallest absolute Gasteiger partial charge is 0.491 e. The van der Waals surface area contributed by atoms with Gasteiger partial charge in [-0.3, -0.25) is 4.79 Å². The summed E-state index contributed by atoms with van der Waals surface area (Å²) in [5.41, 5.74) is -0.0359. The second-order valence-electron chi connectivity index (χ2n) is 2.84. The first-order valence-corrected chi connectivity index (χ1v) is 4.79. The average Bonchev–Trinajstić information content (AvgIpc) is 2.25. The number of alkyl halides is 4. The topological polar surface area (TPSA) is 48.4 Å². The molecule has 0 atom stereocenters. The molecule has 94 valence electrons. The Labute approximate surface area is 99.3 Å². The standard InChI is InChI=1S/C9H7ClF3NO3/c1-16-7-5(3-10)2-6(4-15)14-8(7)17-9(11,12)13/h2,4H,3H2,1H3. The van der Waals surface area contributed by atoms with Crippen LogP contribution in [0.3, 0.4) is 0 Å². The number of aromatic nitrogens is 1. The Bertz CT molecular complexity index is 423. The fourth-order valence-corrected chi connectivity index (χ4v) is 1.34. The van der Waals surface area contributed by atoms with Crippen molar-refractivity contribution in [2.45, 2.75) is 12.2 Å². The van der Waals surface area contributed by atoms with E-state index in [0.29, 0.717) is 6.29 Å². The van der Waals surface area contributed by atoms with Crippen molar-refractivity contribution in [1.82, 2.24) is 4.98 Å². The summed E-state index contributed by atoms with van der Waals surface area (Å²) in [4.78, 5) is 13.9. The van der Waals surface area contributed by atoms with Crippen molar-refractivity contribution in [3.8, 4) is 11.6 Å². The molecule has 0 radical (unpaired) electrons. The molecule has 1 heterocycles. The van der Waals surface area contributed by atoms with Gasteiger partial charge in [0, 0.05) is 5.56 Å². The van der Waals surface area contributed by atoms with Gasteiger partial charge in [0.25, 0.3) is 5.88 Å². The van der Waals surface area contributed by atoms with Crippen LogP contribution in [0, 0.1) is 0 Å². The van der Waals surface area contributed by atoms with Crippen molar-refractivity contribution in [2.24, 2.45) is 0 Å². The summed E-state index contributed by atoms with van der Waals surface area (Å²) in [5, 5.41) is 0. The molecule has 0 aliphatic rings. The zero-order valence-corrected chi connectivity index (χ0v) is 9.30. The monoisotopic (exact) mass is 269 g/mol. The quantitative estimate of drug-likeness (QED) is 0.622. The molecule has 0 bridgehead atoms. The van der Waals surface area contributed by atoms with Crippen LogP contribution >= 0.6 is 11.6 Å². The summed E-state index contributed by atoms with van der Waals surface area (Å²) in [6.07, 6.45) is -4.63. The molecule has 0 aliphatic heterocycles. The predicted octanol–water partition coefficient (Wildman–Crippen LogP) is 2.54. The zero-order chi connectivity index (χ0) is 13.1. The molecule has 0 aliphatic carbocycles. The van der Waals surface area contributed by atoms with Crippen molar-refractivity contribution in [1.29, 1.82) is 0 Å². The molecular formula is C9H7ClF3NO3. The van der Waals surface area contributed by atoms with E-state index in [-0.39, 0.29) is 22.9 Å². The van der Waals surface area contributed by atoms with Gasteiger partial charge in [0.2, 0.25) is 0 Å². The highest BCUT2D eigenvalue weighted by molar-refractivity contribution is 6.17. The number of hydrogen-bond donors (Lipinski definition) is 0. The number of ether oxygens (including phenoxy) is 2. The van der Waals surface area contributed by atoms with Gasteiger partial charge >= 0.3 is 6.36 Å². The van der Waals surface area contributed by atoms with Gasteiger partial charge < -0.3 is 9.47 Å². The van der Waals surface area contributed by atoms with E-state index in [1.807, 2.05) is 0 Å². The summed E-state index contributed by atoms with van der Waals surface area (Å²) < 4.78 is 44.6. The fraction of sp³-hybridized carbons (Fsp3) is 0.333. The highest BCUT2D eigenvalue weighted by atomic mass is 35.5. The Morgan fingerprint density at radius 3 is 2.59 bits per heavy atom. The lowest BCUT2D eigenvalue weighted by Gasteiger charge is -2.14. The van der Waals surface area contributed by atoms with Crippen LogP contribution in [0.5, 0.6) is 11.6 Å². The third-order valence-electron chi connectivity index (χ3n) is 1.72. The van der Waals surface area contributed by atoms with Crippen LogP contribution in [0.1, 0.15) is 16.1 Å². The van der Waals surface area contributed by atoms with E-state index in [9.17, 15) is 18.0 Å². The maximum absolute atomic E-state index is 12.1. The van der Waals surface area contributed by atoms with E-state index in [1.165, 1.54) is 6.07 Å². The number of pyridine rings is 1. The lowest BCUT2D eigenvalue weighted by molar-refractivity contribution is -0.276. The number of methoxy groups -OCH3 is 1. The predicted molar refractivity (Wildman–Crippen MR) is 52.4 cm³/mol. The maximum atomic E-state index is 12.1.